The Morgan fingerprint density at radius 3 is 2.82 bits per heavy atom. The van der Waals surface area contributed by atoms with Gasteiger partial charge >= 0.3 is 0 Å². The predicted octanol–water partition coefficient (Wildman–Crippen LogP) is 1.10. The van der Waals surface area contributed by atoms with Crippen LogP contribution in [0.3, 0.4) is 0 Å². The van der Waals surface area contributed by atoms with Crippen molar-refractivity contribution in [2.75, 3.05) is 38.2 Å². The first-order valence-electron chi connectivity index (χ1n) is 8.10. The molecular weight excluding hydrogens is 278 g/mol. The van der Waals surface area contributed by atoms with E-state index < -0.39 is 0 Å². The number of aliphatic hydroxyl groups is 1. The Hall–Kier alpha value is -1.66. The van der Waals surface area contributed by atoms with E-state index in [1.165, 1.54) is 12.8 Å². The maximum absolute atomic E-state index is 9.09. The van der Waals surface area contributed by atoms with Crippen molar-refractivity contribution in [3.8, 4) is 0 Å². The third kappa shape index (κ3) is 2.27. The van der Waals surface area contributed by atoms with Gasteiger partial charge in [0.15, 0.2) is 0 Å². The molecule has 0 bridgehead atoms. The van der Waals surface area contributed by atoms with Crippen molar-refractivity contribution in [3.63, 3.8) is 0 Å². The number of nitrogens with zero attached hydrogens (tertiary/aromatic N) is 4. The average Bonchev–Trinajstić information content (AvgIpc) is 3.19. The minimum Gasteiger partial charge on any atom is -0.395 e. The molecule has 22 heavy (non-hydrogen) atoms. The molecule has 6 nitrogen and oxygen atoms in total. The van der Waals surface area contributed by atoms with E-state index in [-0.39, 0.29) is 6.61 Å². The molecule has 0 aromatic carbocycles. The average molecular weight is 301 g/mol. The molecule has 0 spiro atoms. The lowest BCUT2D eigenvalue weighted by Gasteiger charge is -2.27. The first kappa shape index (κ1) is 14.0. The number of H-pyrrole nitrogens is 1. The third-order valence-corrected chi connectivity index (χ3v) is 5.43. The number of hydrogen-bond donors (Lipinski definition) is 2. The number of β-amino-alcohol motifs (C(OH)–C–C–N with tert-alkyl or cyclic N) is 1. The van der Waals surface area contributed by atoms with Crippen LogP contribution in [0.25, 0.3) is 11.0 Å². The second-order valence-corrected chi connectivity index (χ2v) is 6.68. The van der Waals surface area contributed by atoms with E-state index in [1.807, 2.05) is 6.20 Å². The fourth-order valence-electron chi connectivity index (χ4n) is 4.32. The lowest BCUT2D eigenvalue weighted by molar-refractivity contribution is 0.211. The highest BCUT2D eigenvalue weighted by atomic mass is 16.3. The van der Waals surface area contributed by atoms with Crippen LogP contribution < -0.4 is 4.90 Å². The number of aromatic nitrogens is 3. The summed E-state index contributed by atoms with van der Waals surface area (Å²) in [6.07, 6.45) is 6.01. The summed E-state index contributed by atoms with van der Waals surface area (Å²) in [5, 5.41) is 10.2. The molecule has 2 aromatic heterocycles. The molecule has 1 aliphatic carbocycles. The third-order valence-electron chi connectivity index (χ3n) is 5.43. The molecule has 2 aromatic rings. The summed E-state index contributed by atoms with van der Waals surface area (Å²) in [6, 6.07) is 2.61. The lowest BCUT2D eigenvalue weighted by Crippen LogP contribution is -2.33. The second-order valence-electron chi connectivity index (χ2n) is 6.68. The highest BCUT2D eigenvalue weighted by Gasteiger charge is 2.42. The van der Waals surface area contributed by atoms with E-state index in [0.29, 0.717) is 6.04 Å². The van der Waals surface area contributed by atoms with Crippen molar-refractivity contribution >= 4 is 16.9 Å². The first-order chi connectivity index (χ1) is 10.8. The van der Waals surface area contributed by atoms with Gasteiger partial charge in [-0.3, -0.25) is 0 Å². The molecule has 0 radical (unpaired) electrons. The van der Waals surface area contributed by atoms with Gasteiger partial charge in [-0.25, -0.2) is 9.97 Å². The Morgan fingerprint density at radius 2 is 2.09 bits per heavy atom. The van der Waals surface area contributed by atoms with Crippen LogP contribution in [0, 0.1) is 11.8 Å². The summed E-state index contributed by atoms with van der Waals surface area (Å²) in [5.41, 5.74) is 0.907. The Morgan fingerprint density at radius 1 is 1.32 bits per heavy atom. The van der Waals surface area contributed by atoms with E-state index in [9.17, 15) is 0 Å². The van der Waals surface area contributed by atoms with Gasteiger partial charge in [0.05, 0.1) is 12.0 Å². The van der Waals surface area contributed by atoms with Crippen LogP contribution in [0.5, 0.6) is 0 Å². The van der Waals surface area contributed by atoms with Gasteiger partial charge in [0, 0.05) is 38.9 Å². The van der Waals surface area contributed by atoms with E-state index >= 15 is 0 Å². The normalized spacial score (nSPS) is 28.4. The number of aliphatic hydroxyl groups excluding tert-OH is 1. The van der Waals surface area contributed by atoms with Crippen molar-refractivity contribution in [3.05, 3.63) is 18.6 Å². The van der Waals surface area contributed by atoms with Crippen LogP contribution in [0.1, 0.15) is 12.8 Å². The van der Waals surface area contributed by atoms with Gasteiger partial charge in [0.25, 0.3) is 0 Å². The monoisotopic (exact) mass is 301 g/mol. The van der Waals surface area contributed by atoms with Gasteiger partial charge in [-0.15, -0.1) is 0 Å². The van der Waals surface area contributed by atoms with Gasteiger partial charge in [0.2, 0.25) is 0 Å². The first-order valence-corrected chi connectivity index (χ1v) is 8.10. The Bertz CT molecular complexity index is 643. The molecular formula is C16H23N5O. The standard InChI is InChI=1S/C16H23N5O/c1-20(16-14-2-3-17-15(14)18-10-19-16)13-6-11-8-21(4-5-22)9-12(11)7-13/h2-3,10-13,22H,4-9H2,1H3,(H,17,18,19)/t11-,12?,13?/m0/s1. The van der Waals surface area contributed by atoms with Crippen LogP contribution >= 0.6 is 0 Å². The molecule has 0 amide bonds. The van der Waals surface area contributed by atoms with Crippen LogP contribution in [-0.4, -0.2) is 64.3 Å². The summed E-state index contributed by atoms with van der Waals surface area (Å²) < 4.78 is 0. The number of aromatic amines is 1. The predicted molar refractivity (Wildman–Crippen MR) is 85.8 cm³/mol. The number of likely N-dealkylation sites (tertiary alicyclic amines) is 1. The molecule has 4 rings (SSSR count). The maximum Gasteiger partial charge on any atom is 0.142 e. The topological polar surface area (TPSA) is 68.3 Å². The molecule has 2 aliphatic rings. The van der Waals surface area contributed by atoms with E-state index in [0.717, 1.165) is 48.3 Å². The van der Waals surface area contributed by atoms with Gasteiger partial charge in [0.1, 0.15) is 17.8 Å². The Labute approximate surface area is 130 Å². The Kier molecular flexibility index (Phi) is 3.50. The zero-order valence-corrected chi connectivity index (χ0v) is 12.9. The SMILES string of the molecule is CN(c1ncnc2[nH]ccc12)C1CC2CN(CCO)C[C@@H]2C1. The summed E-state index contributed by atoms with van der Waals surface area (Å²) in [6.45, 7) is 3.37. The van der Waals surface area contributed by atoms with Crippen LogP contribution in [0.4, 0.5) is 5.82 Å². The molecule has 1 saturated carbocycles. The fraction of sp³-hybridized carbons (Fsp3) is 0.625. The number of rotatable bonds is 4. The smallest absolute Gasteiger partial charge is 0.142 e. The van der Waals surface area contributed by atoms with Crippen molar-refractivity contribution < 1.29 is 5.11 Å². The lowest BCUT2D eigenvalue weighted by atomic mass is 10.0. The van der Waals surface area contributed by atoms with Crippen molar-refractivity contribution in [1.82, 2.24) is 19.9 Å². The summed E-state index contributed by atoms with van der Waals surface area (Å²) in [5.74, 6) is 2.56. The highest BCUT2D eigenvalue weighted by Crippen LogP contribution is 2.41. The van der Waals surface area contributed by atoms with Crippen LogP contribution in [0.2, 0.25) is 0 Å². The number of hydrogen-bond acceptors (Lipinski definition) is 5. The summed E-state index contributed by atoms with van der Waals surface area (Å²) >= 11 is 0. The van der Waals surface area contributed by atoms with Crippen LogP contribution in [-0.2, 0) is 0 Å². The molecule has 1 saturated heterocycles. The molecule has 118 valence electrons. The van der Waals surface area contributed by atoms with Gasteiger partial charge < -0.3 is 19.9 Å². The van der Waals surface area contributed by atoms with Crippen LogP contribution in [0.15, 0.2) is 18.6 Å². The molecule has 2 fully saturated rings. The van der Waals surface area contributed by atoms with Gasteiger partial charge in [-0.2, -0.15) is 0 Å². The van der Waals surface area contributed by atoms with E-state index in [2.05, 4.69) is 37.9 Å². The minimum absolute atomic E-state index is 0.273. The second kappa shape index (κ2) is 5.52. The minimum atomic E-state index is 0.273. The fourth-order valence-corrected chi connectivity index (χ4v) is 4.32. The molecule has 2 N–H and O–H groups in total. The quantitative estimate of drug-likeness (QED) is 0.885. The summed E-state index contributed by atoms with van der Waals surface area (Å²) in [7, 11) is 2.16. The molecule has 2 unspecified atom stereocenters. The number of anilines is 1. The van der Waals surface area contributed by atoms with Crippen molar-refractivity contribution in [2.24, 2.45) is 11.8 Å². The van der Waals surface area contributed by atoms with E-state index in [1.54, 1.807) is 6.33 Å². The number of nitrogens with one attached hydrogen (secondary N) is 1. The zero-order valence-electron chi connectivity index (χ0n) is 12.9. The summed E-state index contributed by atoms with van der Waals surface area (Å²) in [4.78, 5) is 16.7. The molecule has 6 heteroatoms. The van der Waals surface area contributed by atoms with Crippen molar-refractivity contribution in [1.29, 1.82) is 0 Å². The Balaban J connectivity index is 1.49. The molecule has 1 aliphatic heterocycles. The number of fused-ring (bicyclic) bond motifs is 2. The maximum atomic E-state index is 9.09. The zero-order chi connectivity index (χ0) is 15.1. The van der Waals surface area contributed by atoms with Gasteiger partial charge in [-0.05, 0) is 30.7 Å². The molecule has 3 atom stereocenters. The molecule has 3 heterocycles. The van der Waals surface area contributed by atoms with Crippen molar-refractivity contribution in [2.45, 2.75) is 18.9 Å². The largest absolute Gasteiger partial charge is 0.395 e. The van der Waals surface area contributed by atoms with Gasteiger partial charge in [-0.1, -0.05) is 0 Å². The highest BCUT2D eigenvalue weighted by molar-refractivity contribution is 5.87. The van der Waals surface area contributed by atoms with E-state index in [4.69, 9.17) is 5.11 Å².